The first-order valence-corrected chi connectivity index (χ1v) is 6.74. The second-order valence-electron chi connectivity index (χ2n) is 3.91. The number of nitrogens with one attached hydrogen (secondary N) is 1. The zero-order valence-electron chi connectivity index (χ0n) is 10.8. The molecule has 0 saturated heterocycles. The van der Waals surface area contributed by atoms with Crippen LogP contribution in [0.4, 0.5) is 5.13 Å². The normalized spacial score (nSPS) is 9.95. The average Bonchev–Trinajstić information content (AvgIpc) is 2.86. The number of ether oxygens (including phenoxy) is 1. The van der Waals surface area contributed by atoms with Crippen LogP contribution in [0.25, 0.3) is 0 Å². The van der Waals surface area contributed by atoms with Crippen molar-refractivity contribution in [3.8, 4) is 11.8 Å². The van der Waals surface area contributed by atoms with Crippen LogP contribution in [0.15, 0.2) is 18.2 Å². The van der Waals surface area contributed by atoms with Crippen LogP contribution >= 0.6 is 11.3 Å². The Morgan fingerprint density at radius 1 is 1.42 bits per heavy atom. The summed E-state index contributed by atoms with van der Waals surface area (Å²) >= 11 is 1.47. The lowest BCUT2D eigenvalue weighted by Gasteiger charge is -2.07. The molecule has 5 nitrogen and oxygen atoms in total. The van der Waals surface area contributed by atoms with E-state index in [1.54, 1.807) is 12.1 Å². The molecule has 19 heavy (non-hydrogen) atoms. The van der Waals surface area contributed by atoms with Gasteiger partial charge in [0, 0.05) is 6.54 Å². The third kappa shape index (κ3) is 3.42. The van der Waals surface area contributed by atoms with Crippen LogP contribution in [-0.4, -0.2) is 16.7 Å². The number of aryl methyl sites for hydroxylation is 1. The van der Waals surface area contributed by atoms with Crippen molar-refractivity contribution < 1.29 is 4.74 Å². The van der Waals surface area contributed by atoms with Gasteiger partial charge in [-0.2, -0.15) is 5.26 Å². The lowest BCUT2D eigenvalue weighted by atomic mass is 10.1. The van der Waals surface area contributed by atoms with Crippen LogP contribution in [-0.2, 0) is 6.61 Å². The molecule has 1 aromatic heterocycles. The largest absolute Gasteiger partial charge is 0.486 e. The second kappa shape index (κ2) is 6.16. The van der Waals surface area contributed by atoms with Crippen LogP contribution in [0.3, 0.4) is 0 Å². The molecule has 0 fully saturated rings. The number of hydrogen-bond acceptors (Lipinski definition) is 6. The molecule has 0 atom stereocenters. The number of hydrogen-bond donors (Lipinski definition) is 1. The van der Waals surface area contributed by atoms with Crippen molar-refractivity contribution in [2.45, 2.75) is 20.5 Å². The van der Waals surface area contributed by atoms with Gasteiger partial charge in [-0.05, 0) is 31.5 Å². The maximum Gasteiger partial charge on any atom is 0.205 e. The van der Waals surface area contributed by atoms with E-state index in [1.165, 1.54) is 11.3 Å². The predicted molar refractivity (Wildman–Crippen MR) is 74.3 cm³/mol. The Morgan fingerprint density at radius 2 is 2.26 bits per heavy atom. The van der Waals surface area contributed by atoms with Gasteiger partial charge in [0.2, 0.25) is 5.13 Å². The van der Waals surface area contributed by atoms with Gasteiger partial charge in [0.25, 0.3) is 0 Å². The zero-order valence-corrected chi connectivity index (χ0v) is 11.6. The van der Waals surface area contributed by atoms with Gasteiger partial charge in [0.05, 0.1) is 11.6 Å². The van der Waals surface area contributed by atoms with Crippen LogP contribution in [0.1, 0.15) is 23.1 Å². The smallest absolute Gasteiger partial charge is 0.205 e. The minimum atomic E-state index is 0.360. The van der Waals surface area contributed by atoms with E-state index in [1.807, 2.05) is 19.9 Å². The molecule has 1 aromatic carbocycles. The fraction of sp³-hybridized carbons (Fsp3) is 0.308. The lowest BCUT2D eigenvalue weighted by molar-refractivity contribution is 0.302. The summed E-state index contributed by atoms with van der Waals surface area (Å²) in [5.74, 6) is 0.708. The Hall–Kier alpha value is -2.13. The SMILES string of the molecule is CCNc1nnc(COc2cc(C#N)ccc2C)s1. The first kappa shape index (κ1) is 13.3. The van der Waals surface area contributed by atoms with Gasteiger partial charge in [-0.1, -0.05) is 17.4 Å². The summed E-state index contributed by atoms with van der Waals surface area (Å²) in [5.41, 5.74) is 1.58. The molecule has 1 heterocycles. The Morgan fingerprint density at radius 3 is 3.00 bits per heavy atom. The van der Waals surface area contributed by atoms with Crippen molar-refractivity contribution >= 4 is 16.5 Å². The van der Waals surface area contributed by atoms with E-state index in [-0.39, 0.29) is 0 Å². The fourth-order valence-electron chi connectivity index (χ4n) is 1.50. The van der Waals surface area contributed by atoms with E-state index in [9.17, 15) is 0 Å². The molecule has 0 aliphatic rings. The molecule has 0 unspecified atom stereocenters. The monoisotopic (exact) mass is 274 g/mol. The molecule has 0 radical (unpaired) electrons. The fourth-order valence-corrected chi connectivity index (χ4v) is 2.22. The Balaban J connectivity index is 2.03. The van der Waals surface area contributed by atoms with Gasteiger partial charge < -0.3 is 10.1 Å². The van der Waals surface area contributed by atoms with Crippen LogP contribution in [0.2, 0.25) is 0 Å². The van der Waals surface area contributed by atoms with Crippen molar-refractivity contribution in [3.05, 3.63) is 34.3 Å². The van der Waals surface area contributed by atoms with E-state index in [0.717, 1.165) is 22.2 Å². The number of nitrogens with zero attached hydrogens (tertiary/aromatic N) is 3. The molecule has 0 aliphatic carbocycles. The molecule has 2 rings (SSSR count). The van der Waals surface area contributed by atoms with Gasteiger partial charge in [-0.25, -0.2) is 0 Å². The quantitative estimate of drug-likeness (QED) is 0.907. The van der Waals surface area contributed by atoms with Gasteiger partial charge in [0.1, 0.15) is 12.4 Å². The highest BCUT2D eigenvalue weighted by atomic mass is 32.1. The highest BCUT2D eigenvalue weighted by molar-refractivity contribution is 7.15. The molecular formula is C13H14N4OS. The average molecular weight is 274 g/mol. The number of aromatic nitrogens is 2. The van der Waals surface area contributed by atoms with Crippen molar-refractivity contribution in [2.24, 2.45) is 0 Å². The highest BCUT2D eigenvalue weighted by Crippen LogP contribution is 2.22. The van der Waals surface area contributed by atoms with E-state index in [2.05, 4.69) is 21.6 Å². The minimum Gasteiger partial charge on any atom is -0.486 e. The topological polar surface area (TPSA) is 70.8 Å². The highest BCUT2D eigenvalue weighted by Gasteiger charge is 2.06. The van der Waals surface area contributed by atoms with Crippen LogP contribution < -0.4 is 10.1 Å². The van der Waals surface area contributed by atoms with E-state index >= 15 is 0 Å². The summed E-state index contributed by atoms with van der Waals surface area (Å²) in [5, 5.41) is 21.6. The van der Waals surface area contributed by atoms with E-state index in [0.29, 0.717) is 17.9 Å². The molecule has 1 N–H and O–H groups in total. The van der Waals surface area contributed by atoms with Gasteiger partial charge in [-0.15, -0.1) is 10.2 Å². The third-order valence-corrected chi connectivity index (χ3v) is 3.32. The second-order valence-corrected chi connectivity index (χ2v) is 4.97. The summed E-state index contributed by atoms with van der Waals surface area (Å²) in [6.07, 6.45) is 0. The number of benzene rings is 1. The molecule has 2 aromatic rings. The first-order valence-electron chi connectivity index (χ1n) is 5.92. The summed E-state index contributed by atoms with van der Waals surface area (Å²) in [6.45, 7) is 5.13. The van der Waals surface area contributed by atoms with Gasteiger partial charge in [0.15, 0.2) is 5.01 Å². The molecule has 0 saturated carbocycles. The number of anilines is 1. The lowest BCUT2D eigenvalue weighted by Crippen LogP contribution is -1.97. The standard InChI is InChI=1S/C13H14N4OS/c1-3-15-13-17-16-12(19-13)8-18-11-6-10(7-14)5-4-9(11)2/h4-6H,3,8H2,1-2H3,(H,15,17). The first-order chi connectivity index (χ1) is 9.22. The van der Waals surface area contributed by atoms with Gasteiger partial charge >= 0.3 is 0 Å². The number of nitriles is 1. The summed E-state index contributed by atoms with van der Waals surface area (Å²) in [6, 6.07) is 7.48. The molecule has 0 amide bonds. The van der Waals surface area contributed by atoms with Crippen LogP contribution in [0.5, 0.6) is 5.75 Å². The number of rotatable bonds is 5. The van der Waals surface area contributed by atoms with Crippen molar-refractivity contribution in [1.29, 1.82) is 5.26 Å². The van der Waals surface area contributed by atoms with Crippen molar-refractivity contribution in [2.75, 3.05) is 11.9 Å². The van der Waals surface area contributed by atoms with Crippen molar-refractivity contribution in [1.82, 2.24) is 10.2 Å². The zero-order chi connectivity index (χ0) is 13.7. The maximum absolute atomic E-state index is 8.87. The Labute approximate surface area is 115 Å². The molecule has 0 spiro atoms. The minimum absolute atomic E-state index is 0.360. The maximum atomic E-state index is 8.87. The Bertz CT molecular complexity index is 603. The summed E-state index contributed by atoms with van der Waals surface area (Å²) < 4.78 is 5.69. The molecule has 6 heteroatoms. The predicted octanol–water partition coefficient (Wildman–Crippen LogP) is 2.73. The molecule has 0 aliphatic heterocycles. The van der Waals surface area contributed by atoms with E-state index in [4.69, 9.17) is 10.00 Å². The van der Waals surface area contributed by atoms with Crippen LogP contribution in [0, 0.1) is 18.3 Å². The summed E-state index contributed by atoms with van der Waals surface area (Å²) in [4.78, 5) is 0. The molecule has 98 valence electrons. The third-order valence-electron chi connectivity index (χ3n) is 2.46. The molecular weight excluding hydrogens is 260 g/mol. The summed E-state index contributed by atoms with van der Waals surface area (Å²) in [7, 11) is 0. The van der Waals surface area contributed by atoms with Crippen molar-refractivity contribution in [3.63, 3.8) is 0 Å². The molecule has 0 bridgehead atoms. The Kier molecular flexibility index (Phi) is 4.31. The van der Waals surface area contributed by atoms with E-state index < -0.39 is 0 Å². The van der Waals surface area contributed by atoms with Gasteiger partial charge in [-0.3, -0.25) is 0 Å².